The maximum atomic E-state index is 11.9. The fraction of sp³-hybridized carbons (Fsp3) is 0.450. The number of carbonyl (C=O) groups is 1. The number of aliphatic hydroxyl groups excluding tert-OH is 1. The second kappa shape index (κ2) is 8.22. The molecule has 3 aliphatic rings. The Labute approximate surface area is 163 Å². The standard InChI is InChI=1S/C20H24N4O4/c25-17(11-19(26)27)22-14-6-7-15-16(10-14)24(18-5-1-2-9-28-18)23-20(15)13-4-3-8-21-12-13/h3-4,6-8,10,12,15-16,18-19,26-27H,1-2,5,9,11H2,(H,22,25). The molecule has 0 radical (unpaired) electrons. The average molecular weight is 384 g/mol. The number of fused-ring (bicyclic) bond motifs is 1. The van der Waals surface area contributed by atoms with E-state index in [1.807, 2.05) is 35.4 Å². The number of hydrazone groups is 1. The van der Waals surface area contributed by atoms with E-state index in [9.17, 15) is 4.79 Å². The number of amides is 1. The zero-order valence-corrected chi connectivity index (χ0v) is 15.4. The van der Waals surface area contributed by atoms with Crippen molar-refractivity contribution in [3.63, 3.8) is 0 Å². The van der Waals surface area contributed by atoms with Crippen molar-refractivity contribution in [2.75, 3.05) is 6.61 Å². The molecule has 3 heterocycles. The number of ether oxygens (including phenoxy) is 1. The van der Waals surface area contributed by atoms with E-state index < -0.39 is 12.2 Å². The first-order valence-electron chi connectivity index (χ1n) is 9.56. The molecule has 2 aliphatic heterocycles. The van der Waals surface area contributed by atoms with Gasteiger partial charge < -0.3 is 20.3 Å². The van der Waals surface area contributed by atoms with Crippen molar-refractivity contribution in [1.29, 1.82) is 0 Å². The number of rotatable bonds is 5. The molecule has 1 saturated heterocycles. The van der Waals surface area contributed by atoms with Crippen molar-refractivity contribution in [3.8, 4) is 0 Å². The number of hydrogen-bond donors (Lipinski definition) is 3. The van der Waals surface area contributed by atoms with E-state index in [1.54, 1.807) is 12.4 Å². The van der Waals surface area contributed by atoms with Gasteiger partial charge in [-0.1, -0.05) is 6.08 Å². The highest BCUT2D eigenvalue weighted by Crippen LogP contribution is 2.35. The number of hydrogen-bond acceptors (Lipinski definition) is 7. The molecule has 3 atom stereocenters. The van der Waals surface area contributed by atoms with Gasteiger partial charge in [0.15, 0.2) is 6.29 Å². The monoisotopic (exact) mass is 384 g/mol. The van der Waals surface area contributed by atoms with Gasteiger partial charge in [0, 0.05) is 36.2 Å². The Hall–Kier alpha value is -2.55. The Morgan fingerprint density at radius 2 is 2.29 bits per heavy atom. The Morgan fingerprint density at radius 1 is 1.39 bits per heavy atom. The molecule has 8 heteroatoms. The molecule has 1 aliphatic carbocycles. The predicted molar refractivity (Wildman–Crippen MR) is 102 cm³/mol. The Balaban J connectivity index is 1.59. The van der Waals surface area contributed by atoms with Crippen molar-refractivity contribution in [3.05, 3.63) is 54.0 Å². The second-order valence-electron chi connectivity index (χ2n) is 7.16. The van der Waals surface area contributed by atoms with Gasteiger partial charge in [0.05, 0.1) is 18.2 Å². The third kappa shape index (κ3) is 3.99. The first kappa shape index (κ1) is 18.8. The number of aliphatic hydroxyl groups is 2. The Kier molecular flexibility index (Phi) is 5.52. The zero-order valence-electron chi connectivity index (χ0n) is 15.4. The van der Waals surface area contributed by atoms with Gasteiger partial charge in [-0.2, -0.15) is 5.10 Å². The van der Waals surface area contributed by atoms with E-state index in [-0.39, 0.29) is 24.6 Å². The largest absolute Gasteiger partial charge is 0.368 e. The smallest absolute Gasteiger partial charge is 0.229 e. The summed E-state index contributed by atoms with van der Waals surface area (Å²) in [5, 5.41) is 27.6. The average Bonchev–Trinajstić information content (AvgIpc) is 3.07. The topological polar surface area (TPSA) is 107 Å². The SMILES string of the molecule is O=C(CC(O)O)NC1=CC2C(C=C1)C(c1cccnc1)=NN2C1CCCCO1. The lowest BCUT2D eigenvalue weighted by Crippen LogP contribution is -2.43. The lowest BCUT2D eigenvalue weighted by Gasteiger charge is -2.35. The minimum atomic E-state index is -1.67. The molecule has 3 N–H and O–H groups in total. The molecule has 0 spiro atoms. The van der Waals surface area contributed by atoms with Gasteiger partial charge in [-0.3, -0.25) is 14.8 Å². The van der Waals surface area contributed by atoms with E-state index in [2.05, 4.69) is 10.3 Å². The Bertz CT molecular complexity index is 800. The highest BCUT2D eigenvalue weighted by molar-refractivity contribution is 6.04. The van der Waals surface area contributed by atoms with Gasteiger partial charge in [-0.15, -0.1) is 0 Å². The van der Waals surface area contributed by atoms with E-state index in [1.165, 1.54) is 0 Å². The molecule has 3 unspecified atom stereocenters. The van der Waals surface area contributed by atoms with Gasteiger partial charge in [0.25, 0.3) is 0 Å². The zero-order chi connectivity index (χ0) is 19.5. The molecule has 0 bridgehead atoms. The summed E-state index contributed by atoms with van der Waals surface area (Å²) in [5.74, 6) is -0.421. The summed E-state index contributed by atoms with van der Waals surface area (Å²) in [5.41, 5.74) is 2.51. The van der Waals surface area contributed by atoms with E-state index in [0.717, 1.165) is 30.5 Å². The maximum Gasteiger partial charge on any atom is 0.229 e. The number of carbonyl (C=O) groups excluding carboxylic acids is 1. The minimum absolute atomic E-state index is 0.0267. The van der Waals surface area contributed by atoms with Crippen LogP contribution in [0.25, 0.3) is 0 Å². The number of aromatic nitrogens is 1. The molecule has 28 heavy (non-hydrogen) atoms. The number of nitrogens with one attached hydrogen (secondary N) is 1. The molecule has 8 nitrogen and oxygen atoms in total. The first-order chi connectivity index (χ1) is 13.6. The normalized spacial score (nSPS) is 26.7. The van der Waals surface area contributed by atoms with Crippen LogP contribution in [-0.2, 0) is 9.53 Å². The van der Waals surface area contributed by atoms with Crippen molar-refractivity contribution < 1.29 is 19.7 Å². The fourth-order valence-electron chi connectivity index (χ4n) is 3.83. The molecule has 4 rings (SSSR count). The fourth-order valence-corrected chi connectivity index (χ4v) is 3.83. The van der Waals surface area contributed by atoms with Crippen LogP contribution in [0.1, 0.15) is 31.2 Å². The summed E-state index contributed by atoms with van der Waals surface area (Å²) in [4.78, 5) is 16.1. The minimum Gasteiger partial charge on any atom is -0.368 e. The molecule has 1 fully saturated rings. The highest BCUT2D eigenvalue weighted by Gasteiger charge is 2.41. The Morgan fingerprint density at radius 3 is 3.00 bits per heavy atom. The van der Waals surface area contributed by atoms with Gasteiger partial charge >= 0.3 is 0 Å². The van der Waals surface area contributed by atoms with Gasteiger partial charge in [0.1, 0.15) is 6.23 Å². The van der Waals surface area contributed by atoms with Gasteiger partial charge in [0.2, 0.25) is 5.91 Å². The van der Waals surface area contributed by atoms with Crippen molar-refractivity contribution >= 4 is 11.6 Å². The van der Waals surface area contributed by atoms with Gasteiger partial charge in [-0.05, 0) is 43.5 Å². The van der Waals surface area contributed by atoms with Crippen LogP contribution in [0.5, 0.6) is 0 Å². The first-order valence-corrected chi connectivity index (χ1v) is 9.56. The predicted octanol–water partition coefficient (Wildman–Crippen LogP) is 0.883. The van der Waals surface area contributed by atoms with Crippen LogP contribution in [0, 0.1) is 5.92 Å². The summed E-state index contributed by atoms with van der Waals surface area (Å²) in [6.07, 6.45) is 10.3. The van der Waals surface area contributed by atoms with E-state index in [0.29, 0.717) is 12.3 Å². The summed E-state index contributed by atoms with van der Waals surface area (Å²) in [7, 11) is 0. The highest BCUT2D eigenvalue weighted by atomic mass is 16.5. The number of allylic oxidation sites excluding steroid dienone is 1. The van der Waals surface area contributed by atoms with Crippen molar-refractivity contribution in [2.24, 2.45) is 11.0 Å². The van der Waals surface area contributed by atoms with Crippen molar-refractivity contribution in [2.45, 2.75) is 44.2 Å². The van der Waals surface area contributed by atoms with E-state index >= 15 is 0 Å². The van der Waals surface area contributed by atoms with E-state index in [4.69, 9.17) is 20.1 Å². The van der Waals surface area contributed by atoms with Gasteiger partial charge in [-0.25, -0.2) is 0 Å². The molecular formula is C20H24N4O4. The molecule has 1 aromatic rings. The molecule has 1 amide bonds. The molecule has 0 aromatic carbocycles. The lowest BCUT2D eigenvalue weighted by atomic mass is 9.87. The lowest BCUT2D eigenvalue weighted by molar-refractivity contribution is -0.128. The van der Waals surface area contributed by atoms with Crippen LogP contribution in [0.3, 0.4) is 0 Å². The molecule has 1 aromatic heterocycles. The maximum absolute atomic E-state index is 11.9. The summed E-state index contributed by atoms with van der Waals surface area (Å²) in [6.45, 7) is 0.716. The second-order valence-corrected chi connectivity index (χ2v) is 7.16. The molecular weight excluding hydrogens is 360 g/mol. The number of nitrogens with zero attached hydrogens (tertiary/aromatic N) is 3. The van der Waals surface area contributed by atoms with Crippen LogP contribution >= 0.6 is 0 Å². The van der Waals surface area contributed by atoms with Crippen LogP contribution in [0.2, 0.25) is 0 Å². The van der Waals surface area contributed by atoms with Crippen LogP contribution in [0.15, 0.2) is 53.6 Å². The van der Waals surface area contributed by atoms with Crippen LogP contribution < -0.4 is 5.32 Å². The quantitative estimate of drug-likeness (QED) is 0.651. The van der Waals surface area contributed by atoms with Crippen molar-refractivity contribution in [1.82, 2.24) is 15.3 Å². The summed E-state index contributed by atoms with van der Waals surface area (Å²) in [6, 6.07) is 3.80. The summed E-state index contributed by atoms with van der Waals surface area (Å²) < 4.78 is 5.96. The molecule has 0 saturated carbocycles. The third-order valence-corrected chi connectivity index (χ3v) is 5.11. The molecule has 148 valence electrons. The van der Waals surface area contributed by atoms with Crippen LogP contribution in [0.4, 0.5) is 0 Å². The van der Waals surface area contributed by atoms with Crippen LogP contribution in [-0.4, -0.2) is 57.0 Å². The summed E-state index contributed by atoms with van der Waals surface area (Å²) >= 11 is 0. The third-order valence-electron chi connectivity index (χ3n) is 5.11. The number of pyridine rings is 1.